The third kappa shape index (κ3) is 2.94. The van der Waals surface area contributed by atoms with E-state index in [0.29, 0.717) is 35.1 Å². The molecule has 0 aromatic heterocycles. The summed E-state index contributed by atoms with van der Waals surface area (Å²) in [4.78, 5) is 10.6. The highest BCUT2D eigenvalue weighted by Gasteiger charge is 2.29. The Labute approximate surface area is 180 Å². The molecule has 0 bridgehead atoms. The van der Waals surface area contributed by atoms with Gasteiger partial charge in [-0.2, -0.15) is 10.5 Å². The minimum atomic E-state index is 0.0148. The van der Waals surface area contributed by atoms with Crippen LogP contribution >= 0.6 is 0 Å². The van der Waals surface area contributed by atoms with Gasteiger partial charge in [0, 0.05) is 22.4 Å². The molecular formula is C26H22N4O. The lowest BCUT2D eigenvalue weighted by Gasteiger charge is -2.27. The van der Waals surface area contributed by atoms with E-state index < -0.39 is 0 Å². The first-order valence-electron chi connectivity index (χ1n) is 10.4. The summed E-state index contributed by atoms with van der Waals surface area (Å²) >= 11 is 0. The van der Waals surface area contributed by atoms with Gasteiger partial charge in [0.15, 0.2) is 0 Å². The molecule has 1 aliphatic carbocycles. The average Bonchev–Trinajstić information content (AvgIpc) is 2.80. The monoisotopic (exact) mass is 406 g/mol. The van der Waals surface area contributed by atoms with Gasteiger partial charge in [-0.25, -0.2) is 0 Å². The highest BCUT2D eigenvalue weighted by molar-refractivity contribution is 6.06. The zero-order valence-corrected chi connectivity index (χ0v) is 17.7. The minimum Gasteiger partial charge on any atom is -0.192 e. The van der Waals surface area contributed by atoms with Crippen LogP contribution in [0.15, 0.2) is 28.6 Å². The minimum absolute atomic E-state index is 0.0148. The van der Waals surface area contributed by atoms with Gasteiger partial charge in [-0.15, -0.1) is 10.0 Å². The smallest absolute Gasteiger partial charge is 0.100 e. The fourth-order valence-corrected chi connectivity index (χ4v) is 5.14. The first kappa shape index (κ1) is 20.4. The second-order valence-corrected chi connectivity index (χ2v) is 8.09. The summed E-state index contributed by atoms with van der Waals surface area (Å²) in [5, 5.41) is 31.7. The summed E-state index contributed by atoms with van der Waals surface area (Å²) in [5.41, 5.74) is 4.72. The predicted octanol–water partition coefficient (Wildman–Crippen LogP) is 4.37. The van der Waals surface area contributed by atoms with Crippen LogP contribution in [0.5, 0.6) is 0 Å². The molecule has 5 heteroatoms. The SMILES string of the molecule is C=c1c2cccc(CC)c2c(=C)c2c(C#N)c3c(c(C#N)c12)CC(/C(C)=N\N=O)CC3. The second-order valence-electron chi connectivity index (χ2n) is 8.09. The van der Waals surface area contributed by atoms with Gasteiger partial charge in [0.2, 0.25) is 0 Å². The lowest BCUT2D eigenvalue weighted by Crippen LogP contribution is -2.25. The van der Waals surface area contributed by atoms with E-state index in [4.69, 9.17) is 0 Å². The zero-order valence-electron chi connectivity index (χ0n) is 17.7. The molecule has 31 heavy (non-hydrogen) atoms. The van der Waals surface area contributed by atoms with Crippen molar-refractivity contribution >= 4 is 40.4 Å². The van der Waals surface area contributed by atoms with Crippen LogP contribution in [-0.2, 0) is 19.3 Å². The molecule has 1 atom stereocenters. The van der Waals surface area contributed by atoms with Gasteiger partial charge in [-0.3, -0.25) is 0 Å². The molecule has 0 fully saturated rings. The lowest BCUT2D eigenvalue weighted by atomic mass is 9.75. The van der Waals surface area contributed by atoms with Crippen LogP contribution in [0.4, 0.5) is 0 Å². The van der Waals surface area contributed by atoms with Crippen molar-refractivity contribution in [2.45, 2.75) is 39.5 Å². The molecule has 0 amide bonds. The Hall–Kier alpha value is -3.83. The number of nitrogens with zero attached hydrogens (tertiary/aromatic N) is 4. The number of rotatable bonds is 3. The molecule has 0 radical (unpaired) electrons. The Balaban J connectivity index is 2.20. The molecule has 0 saturated carbocycles. The molecule has 1 aliphatic rings. The molecule has 0 aliphatic heterocycles. The number of nitriles is 2. The summed E-state index contributed by atoms with van der Waals surface area (Å²) in [5.74, 6) is 0.0148. The van der Waals surface area contributed by atoms with Crippen LogP contribution < -0.4 is 10.4 Å². The zero-order chi connectivity index (χ0) is 22.3. The Bertz CT molecular complexity index is 1490. The van der Waals surface area contributed by atoms with Crippen LogP contribution in [0.3, 0.4) is 0 Å². The Morgan fingerprint density at radius 1 is 1.10 bits per heavy atom. The van der Waals surface area contributed by atoms with Crippen molar-refractivity contribution in [3.05, 3.63) is 61.4 Å². The van der Waals surface area contributed by atoms with Gasteiger partial charge in [0.1, 0.15) is 12.1 Å². The predicted molar refractivity (Wildman–Crippen MR) is 125 cm³/mol. The largest absolute Gasteiger partial charge is 0.192 e. The summed E-state index contributed by atoms with van der Waals surface area (Å²) in [7, 11) is 0. The topological polar surface area (TPSA) is 89.4 Å². The molecule has 3 aromatic rings. The molecule has 5 nitrogen and oxygen atoms in total. The second kappa shape index (κ2) is 7.78. The first-order chi connectivity index (χ1) is 15.0. The molecule has 0 saturated heterocycles. The third-order valence-corrected chi connectivity index (χ3v) is 6.69. The van der Waals surface area contributed by atoms with Crippen LogP contribution in [0.2, 0.25) is 0 Å². The molecule has 1 unspecified atom stereocenters. The quantitative estimate of drug-likeness (QED) is 0.280. The van der Waals surface area contributed by atoms with E-state index in [0.717, 1.165) is 56.1 Å². The number of benzene rings is 3. The first-order valence-corrected chi connectivity index (χ1v) is 10.4. The van der Waals surface area contributed by atoms with E-state index in [1.165, 1.54) is 0 Å². The van der Waals surface area contributed by atoms with E-state index >= 15 is 0 Å². The van der Waals surface area contributed by atoms with E-state index in [1.54, 1.807) is 6.92 Å². The van der Waals surface area contributed by atoms with Crippen LogP contribution in [0.25, 0.3) is 34.7 Å². The van der Waals surface area contributed by atoms with Gasteiger partial charge in [0.25, 0.3) is 0 Å². The van der Waals surface area contributed by atoms with Crippen LogP contribution in [0, 0.1) is 33.5 Å². The molecule has 152 valence electrons. The maximum absolute atomic E-state index is 10.6. The van der Waals surface area contributed by atoms with Crippen molar-refractivity contribution in [3.63, 3.8) is 0 Å². The van der Waals surface area contributed by atoms with Crippen molar-refractivity contribution in [1.82, 2.24) is 0 Å². The third-order valence-electron chi connectivity index (χ3n) is 6.69. The van der Waals surface area contributed by atoms with Crippen molar-refractivity contribution < 1.29 is 0 Å². The summed E-state index contributed by atoms with van der Waals surface area (Å²) in [6.45, 7) is 12.6. The Morgan fingerprint density at radius 3 is 2.42 bits per heavy atom. The highest BCUT2D eigenvalue weighted by Crippen LogP contribution is 2.36. The van der Waals surface area contributed by atoms with E-state index in [9.17, 15) is 15.4 Å². The normalized spacial score (nSPS) is 16.0. The maximum atomic E-state index is 10.6. The summed E-state index contributed by atoms with van der Waals surface area (Å²) in [6.07, 6.45) is 2.78. The molecular weight excluding hydrogens is 384 g/mol. The number of fused-ring (bicyclic) bond motifs is 3. The maximum Gasteiger partial charge on any atom is 0.100 e. The molecule has 0 heterocycles. The van der Waals surface area contributed by atoms with E-state index in [2.05, 4.69) is 48.7 Å². The average molecular weight is 406 g/mol. The number of aryl methyl sites for hydroxylation is 1. The van der Waals surface area contributed by atoms with E-state index in [-0.39, 0.29) is 5.92 Å². The van der Waals surface area contributed by atoms with Crippen LogP contribution in [-0.4, -0.2) is 5.71 Å². The number of hydrogen-bond donors (Lipinski definition) is 0. The van der Waals surface area contributed by atoms with E-state index in [1.807, 2.05) is 12.1 Å². The fraction of sp³-hybridized carbons (Fsp3) is 0.269. The van der Waals surface area contributed by atoms with Crippen molar-refractivity contribution in [1.29, 1.82) is 10.5 Å². The molecule has 0 N–H and O–H groups in total. The molecule has 3 aromatic carbocycles. The van der Waals surface area contributed by atoms with Crippen molar-refractivity contribution in [2.24, 2.45) is 16.3 Å². The van der Waals surface area contributed by atoms with Crippen LogP contribution in [0.1, 0.15) is 48.1 Å². The summed E-state index contributed by atoms with van der Waals surface area (Å²) in [6, 6.07) is 10.9. The fourth-order valence-electron chi connectivity index (χ4n) is 5.14. The number of nitroso groups, excluding NO2 is 1. The van der Waals surface area contributed by atoms with Gasteiger partial charge in [-0.05, 0) is 70.5 Å². The summed E-state index contributed by atoms with van der Waals surface area (Å²) < 4.78 is 0. The molecule has 4 rings (SSSR count). The highest BCUT2D eigenvalue weighted by atomic mass is 16.3. The van der Waals surface area contributed by atoms with Gasteiger partial charge < -0.3 is 0 Å². The number of hydrogen-bond acceptors (Lipinski definition) is 4. The molecule has 0 spiro atoms. The lowest BCUT2D eigenvalue weighted by molar-refractivity contribution is 0.579. The van der Waals surface area contributed by atoms with Crippen molar-refractivity contribution in [2.75, 3.05) is 0 Å². The Kier molecular flexibility index (Phi) is 5.13. The van der Waals surface area contributed by atoms with Gasteiger partial charge >= 0.3 is 0 Å². The van der Waals surface area contributed by atoms with Crippen molar-refractivity contribution in [3.8, 4) is 12.1 Å². The standard InChI is InChI=1S/C26H22N4O/c1-5-17-7-6-8-19-14(2)25-23(13-28)21-11-18(16(4)29-30-31)9-10-20(21)22(12-27)26(25)15(3)24(17)19/h6-8,18H,2-3,5,9-11H2,1,4H3/b29-16-. The van der Waals surface area contributed by atoms with Gasteiger partial charge in [-0.1, -0.05) is 38.3 Å². The Morgan fingerprint density at radius 2 is 1.77 bits per heavy atom. The van der Waals surface area contributed by atoms with Gasteiger partial charge in [0.05, 0.1) is 16.4 Å².